The topological polar surface area (TPSA) is 90.0 Å². The van der Waals surface area contributed by atoms with Crippen LogP contribution >= 0.6 is 0 Å². The van der Waals surface area contributed by atoms with Crippen molar-refractivity contribution in [1.82, 2.24) is 4.31 Å². The summed E-state index contributed by atoms with van der Waals surface area (Å²) in [6.45, 7) is 3.88. The average Bonchev–Trinajstić information content (AvgIpc) is 2.59. The van der Waals surface area contributed by atoms with Crippen molar-refractivity contribution in [2.45, 2.75) is 25.7 Å². The van der Waals surface area contributed by atoms with Crippen LogP contribution in [0.1, 0.15) is 19.4 Å². The second kappa shape index (κ2) is 11.0. The van der Waals surface area contributed by atoms with E-state index < -0.39 is 22.0 Å². The van der Waals surface area contributed by atoms with Crippen LogP contribution in [0.5, 0.6) is 0 Å². The summed E-state index contributed by atoms with van der Waals surface area (Å²) < 4.78 is 36.1. The Hall–Kier alpha value is -2.81. The molecule has 0 atom stereocenters. The normalized spacial score (nSPS) is 10.2. The maximum Gasteiger partial charge on any atom is 0.303 e. The van der Waals surface area contributed by atoms with Gasteiger partial charge in [0.15, 0.2) is 13.2 Å². The number of carbonyl (C=O) groups is 2. The summed E-state index contributed by atoms with van der Waals surface area (Å²) in [5, 5.41) is 0. The van der Waals surface area contributed by atoms with Gasteiger partial charge in [0, 0.05) is 13.8 Å². The lowest BCUT2D eigenvalue weighted by molar-refractivity contribution is -0.140. The van der Waals surface area contributed by atoms with Gasteiger partial charge >= 0.3 is 11.9 Å². The van der Waals surface area contributed by atoms with Gasteiger partial charge in [-0.05, 0) is 19.1 Å². The summed E-state index contributed by atoms with van der Waals surface area (Å²) in [7, 11) is -3.81. The standard InChI is InChI=1S/C19H21NO6S/c1-16-8-10-19(11-9-16)27(23,24)20(12-4-6-14-25-17(2)21)13-5-7-15-26-18(3)22/h8-11H,12-15H2,1-3H3. The molecular weight excluding hydrogens is 370 g/mol. The van der Waals surface area contributed by atoms with Gasteiger partial charge in [0.2, 0.25) is 10.0 Å². The molecule has 0 amide bonds. The molecule has 0 aliphatic heterocycles. The summed E-state index contributed by atoms with van der Waals surface area (Å²) in [6.07, 6.45) is 0. The molecule has 0 unspecified atom stereocenters. The van der Waals surface area contributed by atoms with Crippen molar-refractivity contribution in [3.05, 3.63) is 29.8 Å². The fourth-order valence-corrected chi connectivity index (χ4v) is 3.00. The minimum atomic E-state index is -3.81. The Kier molecular flexibility index (Phi) is 9.07. The molecule has 0 saturated carbocycles. The lowest BCUT2D eigenvalue weighted by Gasteiger charge is -2.17. The smallest absolute Gasteiger partial charge is 0.303 e. The molecule has 1 rings (SSSR count). The quantitative estimate of drug-likeness (QED) is 0.533. The van der Waals surface area contributed by atoms with Gasteiger partial charge < -0.3 is 9.47 Å². The van der Waals surface area contributed by atoms with Crippen molar-refractivity contribution < 1.29 is 27.5 Å². The van der Waals surface area contributed by atoms with Gasteiger partial charge in [-0.3, -0.25) is 9.59 Å². The van der Waals surface area contributed by atoms with E-state index in [-0.39, 0.29) is 31.2 Å². The SMILES string of the molecule is CC(=O)OCC#CCN(CC#CCOC(C)=O)S(=O)(=O)c1ccc(C)cc1. The zero-order valence-electron chi connectivity index (χ0n) is 15.4. The third-order valence-corrected chi connectivity index (χ3v) is 4.92. The third kappa shape index (κ3) is 8.41. The van der Waals surface area contributed by atoms with E-state index in [2.05, 4.69) is 33.2 Å². The molecule has 0 bridgehead atoms. The molecule has 0 heterocycles. The predicted octanol–water partition coefficient (Wildman–Crippen LogP) is 1.12. The summed E-state index contributed by atoms with van der Waals surface area (Å²) in [6, 6.07) is 6.42. The van der Waals surface area contributed by atoms with Gasteiger partial charge in [0.1, 0.15) is 0 Å². The molecule has 8 heteroatoms. The van der Waals surface area contributed by atoms with Crippen LogP contribution in [0, 0.1) is 30.6 Å². The van der Waals surface area contributed by atoms with Crippen LogP contribution in [0.25, 0.3) is 0 Å². The van der Waals surface area contributed by atoms with Crippen molar-refractivity contribution in [2.75, 3.05) is 26.3 Å². The molecule has 0 N–H and O–H groups in total. The van der Waals surface area contributed by atoms with Gasteiger partial charge in [0.05, 0.1) is 18.0 Å². The maximum atomic E-state index is 12.8. The van der Waals surface area contributed by atoms with Crippen LogP contribution in [0.15, 0.2) is 29.2 Å². The Balaban J connectivity index is 2.92. The minimum Gasteiger partial charge on any atom is -0.453 e. The van der Waals surface area contributed by atoms with Crippen molar-refractivity contribution in [1.29, 1.82) is 0 Å². The highest BCUT2D eigenvalue weighted by atomic mass is 32.2. The van der Waals surface area contributed by atoms with E-state index in [0.717, 1.165) is 9.87 Å². The molecule has 0 aromatic heterocycles. The molecule has 0 saturated heterocycles. The number of hydrogen-bond donors (Lipinski definition) is 0. The van der Waals surface area contributed by atoms with E-state index in [4.69, 9.17) is 0 Å². The number of carbonyl (C=O) groups excluding carboxylic acids is 2. The molecule has 0 radical (unpaired) electrons. The molecule has 1 aromatic carbocycles. The van der Waals surface area contributed by atoms with Crippen LogP contribution in [0.4, 0.5) is 0 Å². The van der Waals surface area contributed by atoms with E-state index in [1.165, 1.54) is 26.0 Å². The van der Waals surface area contributed by atoms with Gasteiger partial charge in [-0.2, -0.15) is 4.31 Å². The first kappa shape index (κ1) is 22.2. The van der Waals surface area contributed by atoms with Crippen molar-refractivity contribution in [3.8, 4) is 23.7 Å². The number of ether oxygens (including phenoxy) is 2. The highest BCUT2D eigenvalue weighted by molar-refractivity contribution is 7.89. The summed E-state index contributed by atoms with van der Waals surface area (Å²) in [4.78, 5) is 21.5. The fourth-order valence-electron chi connectivity index (χ4n) is 1.75. The molecule has 27 heavy (non-hydrogen) atoms. The monoisotopic (exact) mass is 391 g/mol. The summed E-state index contributed by atoms with van der Waals surface area (Å²) >= 11 is 0. The number of benzene rings is 1. The van der Waals surface area contributed by atoms with E-state index in [0.29, 0.717) is 0 Å². The molecule has 1 aromatic rings. The molecule has 0 aliphatic carbocycles. The fraction of sp³-hybridized carbons (Fsp3) is 0.368. The molecule has 0 fully saturated rings. The van der Waals surface area contributed by atoms with Gasteiger partial charge in [-0.25, -0.2) is 8.42 Å². The summed E-state index contributed by atoms with van der Waals surface area (Å²) in [5.41, 5.74) is 0.933. The van der Waals surface area contributed by atoms with E-state index in [1.807, 2.05) is 6.92 Å². The minimum absolute atomic E-state index is 0.119. The first-order valence-corrected chi connectivity index (χ1v) is 9.42. The number of hydrogen-bond acceptors (Lipinski definition) is 6. The zero-order chi connectivity index (χ0) is 20.3. The number of sulfonamides is 1. The van der Waals surface area contributed by atoms with Gasteiger partial charge in [-0.1, -0.05) is 41.4 Å². The van der Waals surface area contributed by atoms with E-state index >= 15 is 0 Å². The number of rotatable bonds is 6. The number of esters is 2. The van der Waals surface area contributed by atoms with Gasteiger partial charge in [0.25, 0.3) is 0 Å². The Morgan fingerprint density at radius 1 is 0.889 bits per heavy atom. The first-order valence-electron chi connectivity index (χ1n) is 7.98. The zero-order valence-corrected chi connectivity index (χ0v) is 16.3. The first-order chi connectivity index (χ1) is 12.7. The Bertz CT molecular complexity index is 844. The second-order valence-electron chi connectivity index (χ2n) is 5.35. The number of nitrogens with zero attached hydrogens (tertiary/aromatic N) is 1. The molecular formula is C19H21NO6S. The predicted molar refractivity (Wildman–Crippen MR) is 98.8 cm³/mol. The lowest BCUT2D eigenvalue weighted by atomic mass is 10.2. The Labute approximate surface area is 159 Å². The van der Waals surface area contributed by atoms with Gasteiger partial charge in [-0.15, -0.1) is 0 Å². The Morgan fingerprint density at radius 3 is 1.74 bits per heavy atom. The van der Waals surface area contributed by atoms with E-state index in [1.54, 1.807) is 12.1 Å². The molecule has 144 valence electrons. The summed E-state index contributed by atoms with van der Waals surface area (Å²) in [5.74, 6) is 9.53. The largest absolute Gasteiger partial charge is 0.453 e. The highest BCUT2D eigenvalue weighted by Gasteiger charge is 2.22. The van der Waals surface area contributed by atoms with Crippen molar-refractivity contribution in [3.63, 3.8) is 0 Å². The van der Waals surface area contributed by atoms with Crippen LogP contribution in [-0.4, -0.2) is 51.0 Å². The van der Waals surface area contributed by atoms with Crippen molar-refractivity contribution >= 4 is 22.0 Å². The lowest BCUT2D eigenvalue weighted by Crippen LogP contribution is -2.32. The molecule has 7 nitrogen and oxygen atoms in total. The third-order valence-electron chi connectivity index (χ3n) is 3.11. The van der Waals surface area contributed by atoms with Crippen LogP contribution in [0.2, 0.25) is 0 Å². The highest BCUT2D eigenvalue weighted by Crippen LogP contribution is 2.15. The average molecular weight is 391 g/mol. The molecule has 0 aliphatic rings. The van der Waals surface area contributed by atoms with Crippen LogP contribution in [-0.2, 0) is 29.1 Å². The molecule has 0 spiro atoms. The second-order valence-corrected chi connectivity index (χ2v) is 7.29. The maximum absolute atomic E-state index is 12.8. The number of aryl methyl sites for hydroxylation is 1. The van der Waals surface area contributed by atoms with E-state index in [9.17, 15) is 18.0 Å². The Morgan fingerprint density at radius 2 is 1.33 bits per heavy atom. The van der Waals surface area contributed by atoms with Crippen LogP contribution < -0.4 is 0 Å². The van der Waals surface area contributed by atoms with Crippen molar-refractivity contribution in [2.24, 2.45) is 0 Å². The van der Waals surface area contributed by atoms with Crippen LogP contribution in [0.3, 0.4) is 0 Å².